The van der Waals surface area contributed by atoms with Crippen molar-refractivity contribution in [3.8, 4) is 29.0 Å². The molecule has 1 aliphatic rings. The molecule has 48 heavy (non-hydrogen) atoms. The molecule has 1 fully saturated rings. The minimum Gasteiger partial charge on any atom is -0.516 e. The van der Waals surface area contributed by atoms with Gasteiger partial charge in [-0.05, 0) is 81.1 Å². The van der Waals surface area contributed by atoms with Gasteiger partial charge in [-0.15, -0.1) is 12.1 Å². The first-order valence-electron chi connectivity index (χ1n) is 14.8. The van der Waals surface area contributed by atoms with Crippen molar-refractivity contribution in [1.82, 2.24) is 15.0 Å². The number of halogens is 1. The van der Waals surface area contributed by atoms with Gasteiger partial charge in [0.1, 0.15) is 6.29 Å². The molecule has 0 atom stereocenters. The molecule has 0 saturated heterocycles. The topological polar surface area (TPSA) is 125 Å². The van der Waals surface area contributed by atoms with E-state index in [9.17, 15) is 14.0 Å². The third kappa shape index (κ3) is 9.83. The Bertz CT molecular complexity index is 1800. The Balaban J connectivity index is 0.000000255. The van der Waals surface area contributed by atoms with E-state index in [-0.39, 0.29) is 68.8 Å². The summed E-state index contributed by atoms with van der Waals surface area (Å²) in [5.41, 5.74) is 4.64. The number of rotatable bonds is 13. The smallest absolute Gasteiger partial charge is 0.516 e. The van der Waals surface area contributed by atoms with E-state index < -0.39 is 5.82 Å². The molecule has 0 bridgehead atoms. The van der Waals surface area contributed by atoms with Gasteiger partial charge in [0.25, 0.3) is 0 Å². The first-order valence-corrected chi connectivity index (χ1v) is 14.8. The number of carbonyl (C=O) groups excluding carboxylic acids is 2. The number of pyridine rings is 3. The van der Waals surface area contributed by atoms with Crippen LogP contribution in [0.5, 0.6) is 29.0 Å². The van der Waals surface area contributed by atoms with Crippen molar-refractivity contribution in [1.29, 1.82) is 0 Å². The van der Waals surface area contributed by atoms with Crippen LogP contribution in [0.4, 0.5) is 15.8 Å². The number of ether oxygens (including phenoxy) is 4. The Morgan fingerprint density at radius 1 is 1.10 bits per heavy atom. The number of allylic oxidation sites excluding steroid dienone is 4. The molecule has 0 radical (unpaired) electrons. The van der Waals surface area contributed by atoms with E-state index in [4.69, 9.17) is 18.9 Å². The Morgan fingerprint density at radius 3 is 2.46 bits per heavy atom. The molecular formula is C35H36FKN5O6-. The largest absolute Gasteiger partial charge is 1.00 e. The molecule has 1 aromatic carbocycles. The van der Waals surface area contributed by atoms with E-state index in [0.717, 1.165) is 42.5 Å². The number of amides is 1. The molecule has 0 aliphatic heterocycles. The predicted octanol–water partition coefficient (Wildman–Crippen LogP) is 3.42. The zero-order chi connectivity index (χ0) is 33.9. The summed E-state index contributed by atoms with van der Waals surface area (Å²) in [6.45, 7) is 6.11. The Hall–Kier alpha value is -3.88. The average Bonchev–Trinajstić information content (AvgIpc) is 3.93. The van der Waals surface area contributed by atoms with Crippen molar-refractivity contribution in [2.75, 3.05) is 38.1 Å². The van der Waals surface area contributed by atoms with Gasteiger partial charge in [-0.1, -0.05) is 18.0 Å². The molecule has 1 aliphatic carbocycles. The summed E-state index contributed by atoms with van der Waals surface area (Å²) >= 11 is 0. The normalized spacial score (nSPS) is 12.6. The Morgan fingerprint density at radius 2 is 1.88 bits per heavy atom. The molecule has 1 N–H and O–H groups in total. The Labute approximate surface area is 322 Å². The maximum atomic E-state index is 14.1. The van der Waals surface area contributed by atoms with Gasteiger partial charge in [-0.2, -0.15) is 12.1 Å². The van der Waals surface area contributed by atoms with E-state index in [1.807, 2.05) is 26.0 Å². The van der Waals surface area contributed by atoms with Crippen LogP contribution in [0.1, 0.15) is 32.3 Å². The molecule has 3 aromatic heterocycles. The van der Waals surface area contributed by atoms with Gasteiger partial charge in [0.2, 0.25) is 18.2 Å². The molecule has 0 spiro atoms. The number of carbonyl (C=O) groups is 2. The fourth-order valence-corrected chi connectivity index (χ4v) is 4.42. The fourth-order valence-electron chi connectivity index (χ4n) is 4.42. The molecule has 5 rings (SSSR count). The number of fused-ring (bicyclic) bond motifs is 1. The zero-order valence-electron chi connectivity index (χ0n) is 28.1. The number of aromatic nitrogens is 3. The molecule has 246 valence electrons. The molecule has 4 aromatic rings. The van der Waals surface area contributed by atoms with Gasteiger partial charge in [0.15, 0.2) is 5.75 Å². The van der Waals surface area contributed by atoms with Crippen molar-refractivity contribution >= 4 is 35.1 Å². The van der Waals surface area contributed by atoms with Crippen molar-refractivity contribution in [2.24, 2.45) is 5.92 Å². The van der Waals surface area contributed by atoms with E-state index >= 15 is 0 Å². The number of anilines is 2. The van der Waals surface area contributed by atoms with Crippen LogP contribution < -0.4 is 80.5 Å². The average molecular weight is 681 g/mol. The third-order valence-electron chi connectivity index (χ3n) is 7.00. The van der Waals surface area contributed by atoms with Gasteiger partial charge < -0.3 is 29.2 Å². The SMILES string of the molecule is CCOc1cc(C)c(N(C=O)/C(=C\C=C(/C)C=O)C2CC2)cn1.CNc1c[c-]c(Oc2[c-]cnc3cc(OC)c(OC)nc23)c(F)c1.[K+]. The van der Waals surface area contributed by atoms with Crippen LogP contribution in [0.3, 0.4) is 0 Å². The van der Waals surface area contributed by atoms with E-state index in [2.05, 4.69) is 32.4 Å². The number of nitrogens with zero attached hydrogens (tertiary/aromatic N) is 4. The maximum absolute atomic E-state index is 14.1. The van der Waals surface area contributed by atoms with Crippen LogP contribution in [0.25, 0.3) is 11.0 Å². The zero-order valence-corrected chi connectivity index (χ0v) is 31.2. The standard InChI is InChI=1S/C18H22N2O3.C17H14FN3O3.K/c1-4-23-18-9-14(3)17(10-19-18)20(12-22)16(15-6-7-15)8-5-13(2)11-21;1-19-10-4-5-13(11(18)8-10)24-14-6-7-20-12-9-15(22-2)17(23-3)21-16(12)14;/h5,8-12,15H,4,6-7H2,1-3H3;4,7-9,19H,1-3H3;/q;-2;+1/b13-5+,16-8-;;. The maximum Gasteiger partial charge on any atom is 1.00 e. The van der Waals surface area contributed by atoms with Gasteiger partial charge in [0.05, 0.1) is 38.5 Å². The fraction of sp³-hybridized carbons (Fsp3) is 0.286. The first-order chi connectivity index (χ1) is 22.8. The third-order valence-corrected chi connectivity index (χ3v) is 7.00. The molecular weight excluding hydrogens is 645 g/mol. The number of benzene rings is 1. The van der Waals surface area contributed by atoms with Crippen LogP contribution in [-0.2, 0) is 9.59 Å². The number of nitrogens with one attached hydrogen (secondary N) is 1. The number of aryl methyl sites for hydroxylation is 1. The summed E-state index contributed by atoms with van der Waals surface area (Å²) in [5.74, 6) is 1.20. The molecule has 13 heteroatoms. The van der Waals surface area contributed by atoms with Crippen molar-refractivity contribution in [3.05, 3.63) is 83.6 Å². The number of methoxy groups -OCH3 is 2. The minimum atomic E-state index is -0.555. The van der Waals surface area contributed by atoms with Crippen LogP contribution in [0.15, 0.2) is 60.1 Å². The molecule has 3 heterocycles. The summed E-state index contributed by atoms with van der Waals surface area (Å²) in [6, 6.07) is 11.9. The van der Waals surface area contributed by atoms with E-state index in [1.54, 1.807) is 43.3 Å². The summed E-state index contributed by atoms with van der Waals surface area (Å²) in [6.07, 6.45) is 10.4. The van der Waals surface area contributed by atoms with Gasteiger partial charge >= 0.3 is 51.4 Å². The van der Waals surface area contributed by atoms with Crippen molar-refractivity contribution < 1.29 is 84.3 Å². The van der Waals surface area contributed by atoms with Crippen LogP contribution in [0, 0.1) is 30.8 Å². The number of aldehydes is 1. The second-order valence-corrected chi connectivity index (χ2v) is 10.3. The van der Waals surface area contributed by atoms with Crippen LogP contribution >= 0.6 is 0 Å². The van der Waals surface area contributed by atoms with Gasteiger partial charge in [-0.25, -0.2) is 4.98 Å². The predicted molar refractivity (Wildman–Crippen MR) is 176 cm³/mol. The second kappa shape index (κ2) is 18.6. The number of hydrogen-bond acceptors (Lipinski definition) is 10. The molecule has 1 saturated carbocycles. The molecule has 11 nitrogen and oxygen atoms in total. The molecule has 1 amide bonds. The molecule has 0 unspecified atom stereocenters. The summed E-state index contributed by atoms with van der Waals surface area (Å²) in [4.78, 5) is 36.8. The monoisotopic (exact) mass is 680 g/mol. The first kappa shape index (κ1) is 38.6. The van der Waals surface area contributed by atoms with E-state index in [0.29, 0.717) is 46.4 Å². The van der Waals surface area contributed by atoms with E-state index in [1.165, 1.54) is 26.5 Å². The van der Waals surface area contributed by atoms with Crippen LogP contribution in [0.2, 0.25) is 0 Å². The number of hydrogen-bond donors (Lipinski definition) is 1. The summed E-state index contributed by atoms with van der Waals surface area (Å²) in [7, 11) is 4.67. The van der Waals surface area contributed by atoms with Crippen molar-refractivity contribution in [2.45, 2.75) is 33.6 Å². The minimum absolute atomic E-state index is 0. The van der Waals surface area contributed by atoms with Crippen molar-refractivity contribution in [3.63, 3.8) is 0 Å². The second-order valence-electron chi connectivity index (χ2n) is 10.3. The summed E-state index contributed by atoms with van der Waals surface area (Å²) < 4.78 is 35.4. The summed E-state index contributed by atoms with van der Waals surface area (Å²) in [5, 5.41) is 2.83. The van der Waals surface area contributed by atoms with Crippen LogP contribution in [-0.4, -0.2) is 55.5 Å². The quantitative estimate of drug-likeness (QED) is 0.0739. The van der Waals surface area contributed by atoms with Gasteiger partial charge in [0, 0.05) is 23.0 Å². The van der Waals surface area contributed by atoms with Gasteiger partial charge in [-0.3, -0.25) is 23.9 Å². The Kier molecular flexibility index (Phi) is 14.9.